The maximum absolute atomic E-state index is 12.1. The Labute approximate surface area is 152 Å². The Morgan fingerprint density at radius 2 is 1.88 bits per heavy atom. The molecule has 3 heterocycles. The molecular formula is C14H20BrN5O3S. The van der Waals surface area contributed by atoms with Gasteiger partial charge >= 0.3 is 5.97 Å². The average molecular weight is 418 g/mol. The lowest BCUT2D eigenvalue weighted by Gasteiger charge is -2.32. The lowest BCUT2D eigenvalue weighted by Crippen LogP contribution is -2.45. The zero-order valence-corrected chi connectivity index (χ0v) is 15.9. The fourth-order valence-electron chi connectivity index (χ4n) is 2.72. The van der Waals surface area contributed by atoms with Crippen molar-refractivity contribution < 1.29 is 14.1 Å². The topological polar surface area (TPSA) is 93.6 Å². The number of rotatable bonds is 3. The lowest BCUT2D eigenvalue weighted by atomic mass is 10.3. The van der Waals surface area contributed by atoms with Crippen LogP contribution in [0.1, 0.15) is 10.5 Å². The third-order valence-electron chi connectivity index (χ3n) is 4.08. The van der Waals surface area contributed by atoms with Crippen LogP contribution in [0, 0.1) is 0 Å². The van der Waals surface area contributed by atoms with Crippen molar-refractivity contribution >= 4 is 44.8 Å². The highest BCUT2D eigenvalue weighted by atomic mass is 79.9. The molecule has 0 unspecified atom stereocenters. The number of halogens is 1. The van der Waals surface area contributed by atoms with Crippen molar-refractivity contribution in [2.45, 2.75) is 0 Å². The summed E-state index contributed by atoms with van der Waals surface area (Å²) in [4.78, 5) is 25.3. The molecule has 0 aromatic carbocycles. The van der Waals surface area contributed by atoms with E-state index in [0.717, 1.165) is 26.2 Å². The predicted molar refractivity (Wildman–Crippen MR) is 96.2 cm³/mol. The summed E-state index contributed by atoms with van der Waals surface area (Å²) >= 11 is 2.68. The number of aromatic nitrogens is 2. The number of carbonyl (C=O) groups excluding carboxylic acids is 1. The van der Waals surface area contributed by atoms with Crippen molar-refractivity contribution in [1.29, 1.82) is 0 Å². The number of nitrogens with one attached hydrogen (secondary N) is 1. The molecule has 3 rings (SSSR count). The Morgan fingerprint density at radius 3 is 2.50 bits per heavy atom. The zero-order valence-electron chi connectivity index (χ0n) is 13.5. The fourth-order valence-corrected chi connectivity index (χ4v) is 4.36. The van der Waals surface area contributed by atoms with E-state index in [0.29, 0.717) is 40.8 Å². The first-order valence-electron chi connectivity index (χ1n) is 7.81. The highest BCUT2D eigenvalue weighted by Crippen LogP contribution is 2.30. The summed E-state index contributed by atoms with van der Waals surface area (Å²) < 4.78 is 17.0. The van der Waals surface area contributed by atoms with Crippen molar-refractivity contribution in [2.75, 3.05) is 67.7 Å². The Balaban J connectivity index is 1.97. The molecule has 0 aliphatic carbocycles. The second kappa shape index (κ2) is 7.85. The normalized spacial score (nSPS) is 19.5. The van der Waals surface area contributed by atoms with Gasteiger partial charge in [-0.3, -0.25) is 0 Å². The van der Waals surface area contributed by atoms with E-state index in [9.17, 15) is 9.35 Å². The number of methoxy groups -OCH3 is 1. The molecule has 0 atom stereocenters. The average Bonchev–Trinajstić information content (AvgIpc) is 2.63. The first-order chi connectivity index (χ1) is 11.6. The number of esters is 1. The van der Waals surface area contributed by atoms with Gasteiger partial charge in [-0.1, -0.05) is 11.2 Å². The van der Waals surface area contributed by atoms with E-state index in [2.05, 4.69) is 36.1 Å². The van der Waals surface area contributed by atoms with E-state index >= 15 is 0 Å². The maximum Gasteiger partial charge on any atom is 0.358 e. The molecule has 0 amide bonds. The van der Waals surface area contributed by atoms with E-state index in [4.69, 9.17) is 4.74 Å². The molecular weight excluding hydrogens is 398 g/mol. The van der Waals surface area contributed by atoms with Crippen molar-refractivity contribution in [3.8, 4) is 0 Å². The maximum atomic E-state index is 12.1. The summed E-state index contributed by atoms with van der Waals surface area (Å²) in [6.45, 7) is 4.56. The Kier molecular flexibility index (Phi) is 5.80. The Morgan fingerprint density at radius 1 is 1.21 bits per heavy atom. The van der Waals surface area contributed by atoms with Gasteiger partial charge in [0.1, 0.15) is 17.3 Å². The van der Waals surface area contributed by atoms with Crippen LogP contribution in [0.5, 0.6) is 0 Å². The molecule has 2 aliphatic heterocycles. The van der Waals surface area contributed by atoms with Gasteiger partial charge in [-0.25, -0.2) is 9.78 Å². The van der Waals surface area contributed by atoms with Crippen LogP contribution in [0.15, 0.2) is 4.47 Å². The monoisotopic (exact) mass is 417 g/mol. The van der Waals surface area contributed by atoms with Crippen molar-refractivity contribution in [1.82, 2.24) is 15.3 Å². The number of carbonyl (C=O) groups is 1. The molecule has 0 radical (unpaired) electrons. The largest absolute Gasteiger partial charge is 0.616 e. The summed E-state index contributed by atoms with van der Waals surface area (Å²) in [5.74, 6) is 1.90. The lowest BCUT2D eigenvalue weighted by molar-refractivity contribution is 0.0592. The number of piperazine rings is 1. The first kappa shape index (κ1) is 17.7. The number of anilines is 2. The van der Waals surface area contributed by atoms with Gasteiger partial charge in [-0.15, -0.1) is 0 Å². The minimum absolute atomic E-state index is 0.225. The van der Waals surface area contributed by atoms with Crippen LogP contribution in [0.25, 0.3) is 0 Å². The van der Waals surface area contributed by atoms with Gasteiger partial charge in [0.25, 0.3) is 0 Å². The van der Waals surface area contributed by atoms with Crippen LogP contribution in [0.3, 0.4) is 0 Å². The molecule has 132 valence electrons. The molecule has 0 spiro atoms. The van der Waals surface area contributed by atoms with E-state index in [1.54, 1.807) is 0 Å². The van der Waals surface area contributed by atoms with E-state index in [1.165, 1.54) is 7.11 Å². The second-order valence-corrected chi connectivity index (χ2v) is 8.06. The SMILES string of the molecule is COC(=O)c1nc(N2CCNCC2)nc(N2CC[S+]([O-])CC2)c1Br. The van der Waals surface area contributed by atoms with Crippen molar-refractivity contribution in [3.05, 3.63) is 10.2 Å². The van der Waals surface area contributed by atoms with Crippen LogP contribution in [-0.2, 0) is 15.9 Å². The number of nitrogens with zero attached hydrogens (tertiary/aromatic N) is 4. The third-order valence-corrected chi connectivity index (χ3v) is 6.08. The summed E-state index contributed by atoms with van der Waals surface area (Å²) in [6.07, 6.45) is 0. The molecule has 2 aliphatic rings. The van der Waals surface area contributed by atoms with Gasteiger partial charge in [0.15, 0.2) is 5.69 Å². The number of hydrogen-bond donors (Lipinski definition) is 1. The fraction of sp³-hybridized carbons (Fsp3) is 0.643. The third kappa shape index (κ3) is 3.76. The number of hydrogen-bond acceptors (Lipinski definition) is 8. The minimum atomic E-state index is -0.777. The molecule has 24 heavy (non-hydrogen) atoms. The molecule has 1 aromatic heterocycles. The zero-order chi connectivity index (χ0) is 17.1. The van der Waals surface area contributed by atoms with Crippen LogP contribution in [0.4, 0.5) is 11.8 Å². The molecule has 1 N–H and O–H groups in total. The summed E-state index contributed by atoms with van der Waals surface area (Å²) in [5.41, 5.74) is 0.225. The van der Waals surface area contributed by atoms with Gasteiger partial charge in [0.05, 0.1) is 24.7 Å². The van der Waals surface area contributed by atoms with Gasteiger partial charge in [-0.05, 0) is 15.9 Å². The van der Waals surface area contributed by atoms with Crippen LogP contribution >= 0.6 is 15.9 Å². The van der Waals surface area contributed by atoms with Gasteiger partial charge in [0.2, 0.25) is 5.95 Å². The standard InChI is InChI=1S/C14H20BrN5O3S/c1-23-13(21)11-10(15)12(19-6-8-24(22)9-7-19)18-14(17-11)20-4-2-16-3-5-20/h16H,2-9H2,1H3. The van der Waals surface area contributed by atoms with E-state index in [1.807, 2.05) is 4.90 Å². The molecule has 2 saturated heterocycles. The Hall–Kier alpha value is -1.10. The summed E-state index contributed by atoms with van der Waals surface area (Å²) in [7, 11) is 1.34. The molecule has 8 nitrogen and oxygen atoms in total. The van der Waals surface area contributed by atoms with Crippen molar-refractivity contribution in [2.24, 2.45) is 0 Å². The van der Waals surface area contributed by atoms with Crippen LogP contribution in [-0.4, -0.2) is 78.4 Å². The predicted octanol–water partition coefficient (Wildman–Crippen LogP) is 0.00400. The smallest absolute Gasteiger partial charge is 0.358 e. The quantitative estimate of drug-likeness (QED) is 0.542. The summed E-state index contributed by atoms with van der Waals surface area (Å²) in [5, 5.41) is 3.28. The second-order valence-electron chi connectivity index (χ2n) is 5.57. The van der Waals surface area contributed by atoms with E-state index in [-0.39, 0.29) is 5.69 Å². The molecule has 10 heteroatoms. The van der Waals surface area contributed by atoms with Gasteiger partial charge in [0, 0.05) is 26.2 Å². The molecule has 0 bridgehead atoms. The molecule has 0 saturated carbocycles. The van der Waals surface area contributed by atoms with Crippen LogP contribution in [0.2, 0.25) is 0 Å². The first-order valence-corrected chi connectivity index (χ1v) is 10.1. The molecule has 1 aromatic rings. The minimum Gasteiger partial charge on any atom is -0.616 e. The highest BCUT2D eigenvalue weighted by molar-refractivity contribution is 9.10. The van der Waals surface area contributed by atoms with Gasteiger partial charge in [-0.2, -0.15) is 4.98 Å². The Bertz CT molecular complexity index is 606. The van der Waals surface area contributed by atoms with Crippen molar-refractivity contribution in [3.63, 3.8) is 0 Å². The van der Waals surface area contributed by atoms with Gasteiger partial charge < -0.3 is 24.4 Å². The van der Waals surface area contributed by atoms with E-state index < -0.39 is 17.1 Å². The summed E-state index contributed by atoms with van der Waals surface area (Å²) in [6, 6.07) is 0. The number of ether oxygens (including phenoxy) is 1. The molecule has 2 fully saturated rings. The highest BCUT2D eigenvalue weighted by Gasteiger charge is 2.28. The van der Waals surface area contributed by atoms with Crippen LogP contribution < -0.4 is 15.1 Å².